The molecule has 0 radical (unpaired) electrons. The quantitative estimate of drug-likeness (QED) is 0.691. The lowest BCUT2D eigenvalue weighted by atomic mass is 10.0. The van der Waals surface area contributed by atoms with Crippen molar-refractivity contribution in [1.29, 1.82) is 0 Å². The number of rotatable bonds is 4. The number of Topliss-reactive ketones (excluding diaryl/α,β-unsaturated/α-hetero) is 1. The van der Waals surface area contributed by atoms with Gasteiger partial charge in [0.15, 0.2) is 5.78 Å². The zero-order chi connectivity index (χ0) is 10.6. The number of carbonyl (C=O) groups is 1. The molecule has 0 N–H and O–H groups in total. The third-order valence-corrected chi connectivity index (χ3v) is 1.96. The van der Waals surface area contributed by atoms with Gasteiger partial charge in [0.2, 0.25) is 0 Å². The average Bonchev–Trinajstić information content (AvgIpc) is 2.15. The number of pyridine rings is 1. The molecule has 1 aromatic heterocycles. The second-order valence-electron chi connectivity index (χ2n) is 3.72. The molecule has 0 aliphatic rings. The van der Waals surface area contributed by atoms with E-state index >= 15 is 0 Å². The fourth-order valence-electron chi connectivity index (χ4n) is 1.09. The molecule has 0 saturated heterocycles. The van der Waals surface area contributed by atoms with Gasteiger partial charge in [0.25, 0.3) is 0 Å². The van der Waals surface area contributed by atoms with E-state index in [0.29, 0.717) is 18.0 Å². The van der Waals surface area contributed by atoms with Crippen LogP contribution >= 0.6 is 0 Å². The molecular formula is C11H14FNO. The molecule has 0 aliphatic heterocycles. The second kappa shape index (κ2) is 4.84. The van der Waals surface area contributed by atoms with Gasteiger partial charge < -0.3 is 0 Å². The first kappa shape index (κ1) is 10.8. The third kappa shape index (κ3) is 3.24. The summed E-state index contributed by atoms with van der Waals surface area (Å²) in [6, 6.07) is 2.69. The first-order chi connectivity index (χ1) is 6.59. The minimum atomic E-state index is -0.412. The summed E-state index contributed by atoms with van der Waals surface area (Å²) in [5.74, 6) is 0.0727. The van der Waals surface area contributed by atoms with Crippen molar-refractivity contribution >= 4 is 5.78 Å². The molecule has 0 aromatic carbocycles. The van der Waals surface area contributed by atoms with Crippen molar-refractivity contribution in [1.82, 2.24) is 4.98 Å². The highest BCUT2D eigenvalue weighted by atomic mass is 19.1. The molecule has 1 heterocycles. The summed E-state index contributed by atoms with van der Waals surface area (Å²) >= 11 is 0. The number of hydrogen-bond donors (Lipinski definition) is 0. The van der Waals surface area contributed by atoms with E-state index in [1.165, 1.54) is 12.1 Å². The number of ketones is 1. The van der Waals surface area contributed by atoms with Gasteiger partial charge >= 0.3 is 0 Å². The van der Waals surface area contributed by atoms with Crippen molar-refractivity contribution < 1.29 is 9.18 Å². The van der Waals surface area contributed by atoms with Crippen molar-refractivity contribution in [2.24, 2.45) is 5.92 Å². The molecule has 14 heavy (non-hydrogen) atoms. The van der Waals surface area contributed by atoms with Crippen molar-refractivity contribution in [2.45, 2.75) is 26.7 Å². The summed E-state index contributed by atoms with van der Waals surface area (Å²) < 4.78 is 12.5. The van der Waals surface area contributed by atoms with Crippen molar-refractivity contribution in [3.8, 4) is 0 Å². The Morgan fingerprint density at radius 3 is 2.71 bits per heavy atom. The topological polar surface area (TPSA) is 30.0 Å². The Labute approximate surface area is 83.2 Å². The summed E-state index contributed by atoms with van der Waals surface area (Å²) in [6.45, 7) is 4.12. The summed E-state index contributed by atoms with van der Waals surface area (Å²) in [4.78, 5) is 15.2. The zero-order valence-electron chi connectivity index (χ0n) is 8.46. The highest BCUT2D eigenvalue weighted by molar-refractivity contribution is 5.94. The molecule has 0 amide bonds. The first-order valence-corrected chi connectivity index (χ1v) is 4.74. The SMILES string of the molecule is CC(C)CCC(=O)c1ccc(F)cn1. The molecule has 2 nitrogen and oxygen atoms in total. The average molecular weight is 195 g/mol. The van der Waals surface area contributed by atoms with E-state index in [2.05, 4.69) is 18.8 Å². The van der Waals surface area contributed by atoms with E-state index < -0.39 is 5.82 Å². The third-order valence-electron chi connectivity index (χ3n) is 1.96. The molecule has 76 valence electrons. The van der Waals surface area contributed by atoms with E-state index in [-0.39, 0.29) is 5.78 Å². The van der Waals surface area contributed by atoms with Crippen LogP contribution in [0.3, 0.4) is 0 Å². The van der Waals surface area contributed by atoms with Gasteiger partial charge in [-0.05, 0) is 24.5 Å². The maximum Gasteiger partial charge on any atom is 0.181 e. The van der Waals surface area contributed by atoms with Crippen LogP contribution < -0.4 is 0 Å². The van der Waals surface area contributed by atoms with Gasteiger partial charge in [0, 0.05) is 6.42 Å². The van der Waals surface area contributed by atoms with Crippen LogP contribution in [0.1, 0.15) is 37.2 Å². The van der Waals surface area contributed by atoms with Crippen LogP contribution in [0.2, 0.25) is 0 Å². The lowest BCUT2D eigenvalue weighted by Crippen LogP contribution is -2.03. The largest absolute Gasteiger partial charge is 0.292 e. The number of aromatic nitrogens is 1. The number of hydrogen-bond acceptors (Lipinski definition) is 2. The maximum absolute atomic E-state index is 12.5. The van der Waals surface area contributed by atoms with Crippen molar-refractivity contribution in [2.75, 3.05) is 0 Å². The van der Waals surface area contributed by atoms with Crippen LogP contribution in [0.4, 0.5) is 4.39 Å². The molecule has 0 aliphatic carbocycles. The van der Waals surface area contributed by atoms with Crippen molar-refractivity contribution in [3.63, 3.8) is 0 Å². The molecule has 0 spiro atoms. The maximum atomic E-state index is 12.5. The van der Waals surface area contributed by atoms with Crippen LogP contribution in [0.25, 0.3) is 0 Å². The van der Waals surface area contributed by atoms with E-state index in [1.807, 2.05) is 0 Å². The Morgan fingerprint density at radius 1 is 1.50 bits per heavy atom. The predicted octanol–water partition coefficient (Wildman–Crippen LogP) is 2.84. The van der Waals surface area contributed by atoms with Crippen molar-refractivity contribution in [3.05, 3.63) is 29.8 Å². The minimum absolute atomic E-state index is 0.0151. The molecule has 0 saturated carbocycles. The van der Waals surface area contributed by atoms with Gasteiger partial charge in [-0.15, -0.1) is 0 Å². The molecule has 0 unspecified atom stereocenters. The zero-order valence-corrected chi connectivity index (χ0v) is 8.46. The van der Waals surface area contributed by atoms with E-state index in [0.717, 1.165) is 12.6 Å². The number of nitrogens with zero attached hydrogens (tertiary/aromatic N) is 1. The molecule has 0 fully saturated rings. The summed E-state index contributed by atoms with van der Waals surface area (Å²) in [6.07, 6.45) is 2.40. The molecule has 0 bridgehead atoms. The molecule has 1 rings (SSSR count). The molecule has 3 heteroatoms. The first-order valence-electron chi connectivity index (χ1n) is 4.74. The monoisotopic (exact) mass is 195 g/mol. The molecular weight excluding hydrogens is 181 g/mol. The summed E-state index contributed by atoms with van der Waals surface area (Å²) in [7, 11) is 0. The Morgan fingerprint density at radius 2 is 2.21 bits per heavy atom. The molecule has 1 aromatic rings. The van der Waals surface area contributed by atoms with Gasteiger partial charge in [-0.2, -0.15) is 0 Å². The van der Waals surface area contributed by atoms with E-state index in [1.54, 1.807) is 0 Å². The lowest BCUT2D eigenvalue weighted by Gasteiger charge is -2.02. The lowest BCUT2D eigenvalue weighted by molar-refractivity contribution is 0.0970. The predicted molar refractivity (Wildman–Crippen MR) is 52.6 cm³/mol. The van der Waals surface area contributed by atoms with Crippen LogP contribution in [-0.2, 0) is 0 Å². The van der Waals surface area contributed by atoms with Crippen LogP contribution in [-0.4, -0.2) is 10.8 Å². The minimum Gasteiger partial charge on any atom is -0.292 e. The molecule has 0 atom stereocenters. The Hall–Kier alpha value is -1.25. The standard InChI is InChI=1S/C11H14FNO/c1-8(2)3-6-11(14)10-5-4-9(12)7-13-10/h4-5,7-8H,3,6H2,1-2H3. The number of halogens is 1. The van der Waals surface area contributed by atoms with Gasteiger partial charge in [-0.25, -0.2) is 4.39 Å². The van der Waals surface area contributed by atoms with Gasteiger partial charge in [-0.3, -0.25) is 9.78 Å². The Bertz CT molecular complexity index is 306. The fraction of sp³-hybridized carbons (Fsp3) is 0.455. The van der Waals surface area contributed by atoms with Crippen LogP contribution in [0.5, 0.6) is 0 Å². The number of carbonyl (C=O) groups excluding carboxylic acids is 1. The van der Waals surface area contributed by atoms with Gasteiger partial charge in [0.1, 0.15) is 11.5 Å². The van der Waals surface area contributed by atoms with E-state index in [4.69, 9.17) is 0 Å². The van der Waals surface area contributed by atoms with Gasteiger partial charge in [-0.1, -0.05) is 13.8 Å². The Balaban J connectivity index is 2.57. The fourth-order valence-corrected chi connectivity index (χ4v) is 1.09. The second-order valence-corrected chi connectivity index (χ2v) is 3.72. The highest BCUT2D eigenvalue weighted by Crippen LogP contribution is 2.08. The summed E-state index contributed by atoms with van der Waals surface area (Å²) in [5, 5.41) is 0. The van der Waals surface area contributed by atoms with Gasteiger partial charge in [0.05, 0.1) is 6.20 Å². The highest BCUT2D eigenvalue weighted by Gasteiger charge is 2.07. The van der Waals surface area contributed by atoms with E-state index in [9.17, 15) is 9.18 Å². The Kier molecular flexibility index (Phi) is 3.74. The normalized spacial score (nSPS) is 10.6. The summed E-state index contributed by atoms with van der Waals surface area (Å²) in [5.41, 5.74) is 0.354. The smallest absolute Gasteiger partial charge is 0.181 e. The van der Waals surface area contributed by atoms with Crippen LogP contribution in [0, 0.1) is 11.7 Å². The van der Waals surface area contributed by atoms with Crippen LogP contribution in [0.15, 0.2) is 18.3 Å².